The van der Waals surface area contributed by atoms with Gasteiger partial charge < -0.3 is 14.8 Å². The molecule has 0 unspecified atom stereocenters. The summed E-state index contributed by atoms with van der Waals surface area (Å²) in [7, 11) is -1.14. The molecule has 0 aliphatic carbocycles. The molecule has 34 heavy (non-hydrogen) atoms. The molecule has 0 bridgehead atoms. The van der Waals surface area contributed by atoms with Gasteiger partial charge in [0.2, 0.25) is 5.91 Å². The van der Waals surface area contributed by atoms with E-state index in [1.807, 2.05) is 44.2 Å². The van der Waals surface area contributed by atoms with E-state index in [-0.39, 0.29) is 16.5 Å². The maximum absolute atomic E-state index is 13.7. The summed E-state index contributed by atoms with van der Waals surface area (Å²) in [6.45, 7) is 3.83. The SMILES string of the molecule is COc1ccc(OC)c(N(CC(=O)NC[C@H](C)c2ccccc2)S(=O)(=O)c2ccc(C)cc2)c1. The molecule has 0 saturated heterocycles. The summed E-state index contributed by atoms with van der Waals surface area (Å²) in [5.41, 5.74) is 2.23. The van der Waals surface area contributed by atoms with Gasteiger partial charge in [-0.1, -0.05) is 55.0 Å². The first-order valence-corrected chi connectivity index (χ1v) is 12.3. The van der Waals surface area contributed by atoms with Crippen LogP contribution in [-0.4, -0.2) is 41.6 Å². The fourth-order valence-electron chi connectivity index (χ4n) is 3.48. The number of methoxy groups -OCH3 is 2. The number of nitrogens with one attached hydrogen (secondary N) is 1. The molecule has 1 N–H and O–H groups in total. The number of carbonyl (C=O) groups excluding carboxylic acids is 1. The van der Waals surface area contributed by atoms with Gasteiger partial charge in [0.1, 0.15) is 18.0 Å². The van der Waals surface area contributed by atoms with Crippen LogP contribution in [0, 0.1) is 6.92 Å². The highest BCUT2D eigenvalue weighted by Gasteiger charge is 2.30. The van der Waals surface area contributed by atoms with Gasteiger partial charge in [0, 0.05) is 12.6 Å². The molecular formula is C26H30N2O5S. The van der Waals surface area contributed by atoms with Crippen molar-refractivity contribution in [1.82, 2.24) is 5.32 Å². The van der Waals surface area contributed by atoms with Crippen molar-refractivity contribution in [2.24, 2.45) is 0 Å². The van der Waals surface area contributed by atoms with E-state index in [4.69, 9.17) is 9.47 Å². The summed E-state index contributed by atoms with van der Waals surface area (Å²) in [6.07, 6.45) is 0. The van der Waals surface area contributed by atoms with Crippen molar-refractivity contribution >= 4 is 21.6 Å². The monoisotopic (exact) mass is 482 g/mol. The standard InChI is InChI=1S/C26H30N2O5S/c1-19-10-13-23(14-11-19)34(30,31)28(24-16-22(32-3)12-15-25(24)33-4)18-26(29)27-17-20(2)21-8-6-5-7-9-21/h5-16,20H,17-18H2,1-4H3,(H,27,29)/t20-/m0/s1. The summed E-state index contributed by atoms with van der Waals surface area (Å²) in [6, 6.07) is 21.1. The first-order chi connectivity index (χ1) is 16.3. The zero-order chi connectivity index (χ0) is 24.7. The van der Waals surface area contributed by atoms with Crippen LogP contribution in [0.2, 0.25) is 0 Å². The van der Waals surface area contributed by atoms with E-state index in [1.54, 1.807) is 30.3 Å². The molecule has 3 aromatic rings. The maximum Gasteiger partial charge on any atom is 0.264 e. The second-order valence-corrected chi connectivity index (χ2v) is 9.84. The van der Waals surface area contributed by atoms with Crippen LogP contribution in [0.4, 0.5) is 5.69 Å². The summed E-state index contributed by atoms with van der Waals surface area (Å²) in [5.74, 6) is 0.391. The van der Waals surface area contributed by atoms with Gasteiger partial charge in [-0.25, -0.2) is 8.42 Å². The van der Waals surface area contributed by atoms with Gasteiger partial charge in [-0.2, -0.15) is 0 Å². The number of hydrogen-bond donors (Lipinski definition) is 1. The van der Waals surface area contributed by atoms with E-state index in [0.29, 0.717) is 18.0 Å². The second-order valence-electron chi connectivity index (χ2n) is 7.98. The van der Waals surface area contributed by atoms with E-state index in [0.717, 1.165) is 15.4 Å². The number of ether oxygens (including phenoxy) is 2. The highest BCUT2D eigenvalue weighted by molar-refractivity contribution is 7.92. The quantitative estimate of drug-likeness (QED) is 0.470. The maximum atomic E-state index is 13.7. The van der Waals surface area contributed by atoms with Crippen LogP contribution < -0.4 is 19.1 Å². The Hall–Kier alpha value is -3.52. The van der Waals surface area contributed by atoms with Crippen molar-refractivity contribution in [2.45, 2.75) is 24.7 Å². The molecule has 1 amide bonds. The fraction of sp³-hybridized carbons (Fsp3) is 0.269. The molecule has 0 saturated carbocycles. The molecule has 0 aromatic heterocycles. The fourth-order valence-corrected chi connectivity index (χ4v) is 4.90. The van der Waals surface area contributed by atoms with Crippen LogP contribution in [0.3, 0.4) is 0 Å². The Labute approximate surface area is 201 Å². The highest BCUT2D eigenvalue weighted by Crippen LogP contribution is 2.35. The third kappa shape index (κ3) is 5.88. The van der Waals surface area contributed by atoms with Gasteiger partial charge in [0.05, 0.1) is 24.8 Å². The van der Waals surface area contributed by atoms with E-state index < -0.39 is 22.5 Å². The molecule has 0 aliphatic rings. The molecule has 7 nitrogen and oxygen atoms in total. The van der Waals surface area contributed by atoms with Crippen molar-refractivity contribution in [1.29, 1.82) is 0 Å². The number of aryl methyl sites for hydroxylation is 1. The predicted molar refractivity (Wildman–Crippen MR) is 133 cm³/mol. The summed E-state index contributed by atoms with van der Waals surface area (Å²) < 4.78 is 39.1. The number of rotatable bonds is 10. The van der Waals surface area contributed by atoms with Crippen LogP contribution in [0.25, 0.3) is 0 Å². The molecule has 0 spiro atoms. The first kappa shape index (κ1) is 25.1. The van der Waals surface area contributed by atoms with Gasteiger partial charge in [-0.15, -0.1) is 0 Å². The van der Waals surface area contributed by atoms with Crippen LogP contribution in [0.15, 0.2) is 77.7 Å². The number of benzene rings is 3. The lowest BCUT2D eigenvalue weighted by Gasteiger charge is -2.26. The van der Waals surface area contributed by atoms with Gasteiger partial charge in [-0.3, -0.25) is 9.10 Å². The minimum absolute atomic E-state index is 0.0682. The van der Waals surface area contributed by atoms with Crippen molar-refractivity contribution < 1.29 is 22.7 Å². The van der Waals surface area contributed by atoms with Gasteiger partial charge in [-0.05, 0) is 42.7 Å². The molecule has 3 aromatic carbocycles. The minimum Gasteiger partial charge on any atom is -0.497 e. The average molecular weight is 483 g/mol. The third-order valence-corrected chi connectivity index (χ3v) is 7.30. The van der Waals surface area contributed by atoms with Crippen molar-refractivity contribution in [2.75, 3.05) is 31.6 Å². The molecule has 8 heteroatoms. The van der Waals surface area contributed by atoms with E-state index >= 15 is 0 Å². The topological polar surface area (TPSA) is 84.9 Å². The molecule has 0 heterocycles. The van der Waals surface area contributed by atoms with Crippen LogP contribution in [0.1, 0.15) is 24.0 Å². The Morgan fingerprint density at radius 3 is 2.26 bits per heavy atom. The Morgan fingerprint density at radius 2 is 1.65 bits per heavy atom. The number of sulfonamides is 1. The third-order valence-electron chi connectivity index (χ3n) is 5.52. The normalized spacial score (nSPS) is 12.0. The average Bonchev–Trinajstić information content (AvgIpc) is 2.86. The molecule has 180 valence electrons. The van der Waals surface area contributed by atoms with E-state index in [2.05, 4.69) is 5.32 Å². The number of hydrogen-bond acceptors (Lipinski definition) is 5. The van der Waals surface area contributed by atoms with Crippen LogP contribution in [0.5, 0.6) is 11.5 Å². The number of anilines is 1. The van der Waals surface area contributed by atoms with Crippen LogP contribution >= 0.6 is 0 Å². The van der Waals surface area contributed by atoms with Crippen LogP contribution in [-0.2, 0) is 14.8 Å². The highest BCUT2D eigenvalue weighted by atomic mass is 32.2. The van der Waals surface area contributed by atoms with Crippen molar-refractivity contribution in [3.63, 3.8) is 0 Å². The number of nitrogens with zero attached hydrogens (tertiary/aromatic N) is 1. The van der Waals surface area contributed by atoms with Crippen molar-refractivity contribution in [3.8, 4) is 11.5 Å². The molecule has 0 fully saturated rings. The Morgan fingerprint density at radius 1 is 0.971 bits per heavy atom. The lowest BCUT2D eigenvalue weighted by molar-refractivity contribution is -0.119. The van der Waals surface area contributed by atoms with Gasteiger partial charge in [0.15, 0.2) is 0 Å². The Kier molecular flexibility index (Phi) is 8.17. The van der Waals surface area contributed by atoms with E-state index in [1.165, 1.54) is 26.4 Å². The lowest BCUT2D eigenvalue weighted by atomic mass is 10.0. The molecule has 0 radical (unpaired) electrons. The first-order valence-electron chi connectivity index (χ1n) is 10.9. The molecular weight excluding hydrogens is 452 g/mol. The summed E-state index contributed by atoms with van der Waals surface area (Å²) in [5, 5.41) is 2.86. The van der Waals surface area contributed by atoms with Gasteiger partial charge in [0.25, 0.3) is 10.0 Å². The minimum atomic E-state index is -4.08. The van der Waals surface area contributed by atoms with E-state index in [9.17, 15) is 13.2 Å². The van der Waals surface area contributed by atoms with Crippen molar-refractivity contribution in [3.05, 3.63) is 83.9 Å². The molecule has 1 atom stereocenters. The lowest BCUT2D eigenvalue weighted by Crippen LogP contribution is -2.42. The Bertz CT molecular complexity index is 1210. The zero-order valence-corrected chi connectivity index (χ0v) is 20.6. The van der Waals surface area contributed by atoms with Gasteiger partial charge >= 0.3 is 0 Å². The molecule has 3 rings (SSSR count). The smallest absolute Gasteiger partial charge is 0.264 e. The number of carbonyl (C=O) groups is 1. The zero-order valence-electron chi connectivity index (χ0n) is 19.8. The second kappa shape index (κ2) is 11.1. The summed E-state index contributed by atoms with van der Waals surface area (Å²) in [4.78, 5) is 13.0. The number of amides is 1. The predicted octanol–water partition coefficient (Wildman–Crippen LogP) is 4.13. The Balaban J connectivity index is 1.92. The molecule has 0 aliphatic heterocycles. The largest absolute Gasteiger partial charge is 0.497 e. The summed E-state index contributed by atoms with van der Waals surface area (Å²) >= 11 is 0.